The van der Waals surface area contributed by atoms with Crippen molar-refractivity contribution in [2.24, 2.45) is 17.1 Å². The minimum absolute atomic E-state index is 0. The van der Waals surface area contributed by atoms with Gasteiger partial charge in [-0.25, -0.2) is 0 Å². The van der Waals surface area contributed by atoms with E-state index in [0.717, 1.165) is 37.9 Å². The highest BCUT2D eigenvalue weighted by molar-refractivity contribution is 5.92. The molecule has 1 aromatic rings. The average Bonchev–Trinajstić information content (AvgIpc) is 3.19. The molecule has 1 unspecified atom stereocenters. The average molecular weight is 324 g/mol. The summed E-state index contributed by atoms with van der Waals surface area (Å²) >= 11 is 0. The molecule has 2 amide bonds. The second-order valence-corrected chi connectivity index (χ2v) is 6.15. The lowest BCUT2D eigenvalue weighted by Crippen LogP contribution is -2.33. The maximum atomic E-state index is 12.2. The summed E-state index contributed by atoms with van der Waals surface area (Å²) in [7, 11) is 0. The van der Waals surface area contributed by atoms with Gasteiger partial charge in [0.2, 0.25) is 11.8 Å². The van der Waals surface area contributed by atoms with E-state index < -0.39 is 5.91 Å². The first-order valence-electron chi connectivity index (χ1n) is 7.48. The summed E-state index contributed by atoms with van der Waals surface area (Å²) in [6.45, 7) is 2.49. The maximum Gasteiger partial charge on any atom is 0.248 e. The lowest BCUT2D eigenvalue weighted by molar-refractivity contribution is -0.123. The van der Waals surface area contributed by atoms with Crippen LogP contribution in [-0.4, -0.2) is 24.9 Å². The van der Waals surface area contributed by atoms with E-state index in [9.17, 15) is 9.59 Å². The molecule has 6 heteroatoms. The quantitative estimate of drug-likeness (QED) is 0.778. The Hall–Kier alpha value is -1.59. The Kier molecular flexibility index (Phi) is 5.08. The van der Waals surface area contributed by atoms with Crippen molar-refractivity contribution in [1.82, 2.24) is 10.6 Å². The van der Waals surface area contributed by atoms with Crippen molar-refractivity contribution in [3.8, 4) is 0 Å². The summed E-state index contributed by atoms with van der Waals surface area (Å²) in [5, 5.41) is 6.33. The molecule has 1 aliphatic carbocycles. The van der Waals surface area contributed by atoms with Gasteiger partial charge in [-0.2, -0.15) is 0 Å². The first kappa shape index (κ1) is 16.8. The number of nitrogens with one attached hydrogen (secondary N) is 2. The lowest BCUT2D eigenvalue weighted by Gasteiger charge is -2.23. The van der Waals surface area contributed by atoms with Crippen LogP contribution < -0.4 is 16.4 Å². The molecule has 5 nitrogen and oxygen atoms in total. The summed E-state index contributed by atoms with van der Waals surface area (Å²) in [6, 6.07) is 7.08. The zero-order chi connectivity index (χ0) is 14.9. The Morgan fingerprint density at radius 3 is 2.73 bits per heavy atom. The molecular weight excluding hydrogens is 302 g/mol. The summed E-state index contributed by atoms with van der Waals surface area (Å²) in [4.78, 5) is 23.4. The first-order chi connectivity index (χ1) is 10.1. The zero-order valence-corrected chi connectivity index (χ0v) is 13.2. The van der Waals surface area contributed by atoms with Gasteiger partial charge >= 0.3 is 0 Å². The number of carbonyl (C=O) groups is 2. The number of hydrogen-bond donors (Lipinski definition) is 3. The predicted molar refractivity (Wildman–Crippen MR) is 86.7 cm³/mol. The van der Waals surface area contributed by atoms with Crippen molar-refractivity contribution in [2.75, 3.05) is 13.1 Å². The molecule has 0 radical (unpaired) electrons. The molecule has 0 aromatic heterocycles. The molecular formula is C16H22ClN3O2. The first-order valence-corrected chi connectivity index (χ1v) is 7.48. The molecule has 4 N–H and O–H groups in total. The van der Waals surface area contributed by atoms with Crippen molar-refractivity contribution >= 4 is 24.2 Å². The highest BCUT2D eigenvalue weighted by Crippen LogP contribution is 2.58. The molecule has 2 aliphatic rings. The number of primary amides is 1. The minimum atomic E-state index is -0.445. The van der Waals surface area contributed by atoms with Crippen LogP contribution in [0.3, 0.4) is 0 Å². The van der Waals surface area contributed by atoms with E-state index in [1.54, 1.807) is 18.2 Å². The highest BCUT2D eigenvalue weighted by atomic mass is 35.5. The van der Waals surface area contributed by atoms with Gasteiger partial charge < -0.3 is 16.4 Å². The summed E-state index contributed by atoms with van der Waals surface area (Å²) in [5.41, 5.74) is 6.89. The third-order valence-electron chi connectivity index (χ3n) is 4.78. The fraction of sp³-hybridized carbons (Fsp3) is 0.500. The summed E-state index contributed by atoms with van der Waals surface area (Å²) < 4.78 is 0. The molecule has 1 aromatic carbocycles. The van der Waals surface area contributed by atoms with Crippen molar-refractivity contribution < 1.29 is 9.59 Å². The van der Waals surface area contributed by atoms with Crippen LogP contribution in [0.1, 0.15) is 35.2 Å². The standard InChI is InChI=1S/C16H21N3O2.ClH/c17-14(20)12-3-1-2-11(8-12)10-19-15(21)13-9-16(13)4-6-18-7-5-16;/h1-3,8,13,18H,4-7,9-10H2,(H2,17,20)(H,19,21);1H. The van der Waals surface area contributed by atoms with Crippen LogP contribution in [-0.2, 0) is 11.3 Å². The topological polar surface area (TPSA) is 84.2 Å². The van der Waals surface area contributed by atoms with Gasteiger partial charge in [-0.15, -0.1) is 12.4 Å². The van der Waals surface area contributed by atoms with Gasteiger partial charge in [0, 0.05) is 18.0 Å². The SMILES string of the molecule is Cl.NC(=O)c1cccc(CNC(=O)C2CC23CCNCC3)c1. The molecule has 1 saturated heterocycles. The van der Waals surface area contributed by atoms with Gasteiger partial charge in [-0.1, -0.05) is 12.1 Å². The third-order valence-corrected chi connectivity index (χ3v) is 4.78. The van der Waals surface area contributed by atoms with Gasteiger partial charge in [0.25, 0.3) is 0 Å². The molecule has 2 fully saturated rings. The minimum Gasteiger partial charge on any atom is -0.366 e. The molecule has 22 heavy (non-hydrogen) atoms. The Morgan fingerprint density at radius 1 is 1.32 bits per heavy atom. The van der Waals surface area contributed by atoms with Gasteiger partial charge in [0.15, 0.2) is 0 Å². The summed E-state index contributed by atoms with van der Waals surface area (Å²) in [6.07, 6.45) is 3.21. The zero-order valence-electron chi connectivity index (χ0n) is 12.4. The van der Waals surface area contributed by atoms with Gasteiger partial charge in [-0.05, 0) is 55.5 Å². The fourth-order valence-electron chi connectivity index (χ4n) is 3.34. The van der Waals surface area contributed by atoms with E-state index >= 15 is 0 Å². The van der Waals surface area contributed by atoms with E-state index in [0.29, 0.717) is 12.1 Å². The van der Waals surface area contributed by atoms with Crippen molar-refractivity contribution in [3.05, 3.63) is 35.4 Å². The predicted octanol–water partition coefficient (Wildman–Crippen LogP) is 1.21. The second-order valence-electron chi connectivity index (χ2n) is 6.15. The van der Waals surface area contributed by atoms with Gasteiger partial charge in [0.1, 0.15) is 0 Å². The number of rotatable bonds is 4. The Bertz CT molecular complexity index is 570. The third kappa shape index (κ3) is 3.42. The Morgan fingerprint density at radius 2 is 2.05 bits per heavy atom. The van der Waals surface area contributed by atoms with E-state index in [4.69, 9.17) is 5.73 Å². The maximum absolute atomic E-state index is 12.2. The van der Waals surface area contributed by atoms with E-state index in [1.807, 2.05) is 6.07 Å². The van der Waals surface area contributed by atoms with Crippen LogP contribution >= 0.6 is 12.4 Å². The lowest BCUT2D eigenvalue weighted by atomic mass is 9.92. The number of nitrogens with two attached hydrogens (primary N) is 1. The monoisotopic (exact) mass is 323 g/mol. The number of carbonyl (C=O) groups excluding carboxylic acids is 2. The van der Waals surface area contributed by atoms with Crippen molar-refractivity contribution in [2.45, 2.75) is 25.8 Å². The van der Waals surface area contributed by atoms with Gasteiger partial charge in [-0.3, -0.25) is 9.59 Å². The van der Waals surface area contributed by atoms with Crippen LogP contribution in [0.2, 0.25) is 0 Å². The largest absolute Gasteiger partial charge is 0.366 e. The van der Waals surface area contributed by atoms with Crippen molar-refractivity contribution in [1.29, 1.82) is 0 Å². The Balaban J connectivity index is 0.00000176. The van der Waals surface area contributed by atoms with Crippen LogP contribution in [0.4, 0.5) is 0 Å². The van der Waals surface area contributed by atoms with Crippen LogP contribution in [0.5, 0.6) is 0 Å². The van der Waals surface area contributed by atoms with Gasteiger partial charge in [0.05, 0.1) is 0 Å². The highest BCUT2D eigenvalue weighted by Gasteiger charge is 2.57. The van der Waals surface area contributed by atoms with E-state index in [2.05, 4.69) is 10.6 Å². The number of halogens is 1. The molecule has 1 saturated carbocycles. The van der Waals surface area contributed by atoms with Crippen LogP contribution in [0.15, 0.2) is 24.3 Å². The van der Waals surface area contributed by atoms with Crippen molar-refractivity contribution in [3.63, 3.8) is 0 Å². The van der Waals surface area contributed by atoms with Crippen LogP contribution in [0, 0.1) is 11.3 Å². The van der Waals surface area contributed by atoms with E-state index in [1.165, 1.54) is 0 Å². The second kappa shape index (κ2) is 6.67. The normalized spacial score (nSPS) is 21.7. The van der Waals surface area contributed by atoms with Crippen LogP contribution in [0.25, 0.3) is 0 Å². The summed E-state index contributed by atoms with van der Waals surface area (Å²) in [5.74, 6) is -0.140. The molecule has 1 aliphatic heterocycles. The molecule has 0 bridgehead atoms. The molecule has 120 valence electrons. The smallest absolute Gasteiger partial charge is 0.248 e. The Labute approximate surface area is 136 Å². The number of hydrogen-bond acceptors (Lipinski definition) is 3. The number of piperidine rings is 1. The molecule has 1 heterocycles. The molecule has 1 atom stereocenters. The molecule has 1 spiro atoms. The van der Waals surface area contributed by atoms with E-state index in [-0.39, 0.29) is 29.6 Å². The molecule has 3 rings (SSSR count). The fourth-order valence-corrected chi connectivity index (χ4v) is 3.34. The number of amides is 2. The number of benzene rings is 1.